The molecule has 0 aliphatic heterocycles. The van der Waals surface area contributed by atoms with E-state index in [0.29, 0.717) is 426 Å². The second-order valence-corrected chi connectivity index (χ2v) is 24.2. The molecule has 0 saturated carbocycles. The zero-order chi connectivity index (χ0) is 83.8. The summed E-state index contributed by atoms with van der Waals surface area (Å²) >= 11 is 0. The molecule has 1 unspecified atom stereocenters. The van der Waals surface area contributed by atoms with Gasteiger partial charge in [-0.3, -0.25) is 9.79 Å². The van der Waals surface area contributed by atoms with Gasteiger partial charge in [0.05, 0.1) is 422 Å². The fourth-order valence-corrected chi connectivity index (χ4v) is 8.87. The summed E-state index contributed by atoms with van der Waals surface area (Å²) in [5.74, 6) is 0.273. The highest BCUT2D eigenvalue weighted by Gasteiger charge is 2.22. The standard InChI is InChI=1S/C80H144N4O34/c1-75(81-11-14-88-15-12-85)79(80(87)82-76-5-3-2-4-6-76)84-83-77-7-9-78(10-8-77)118-74-73-117-72-71-116-70-69-115-68-67-114-66-65-113-64-63-112-62-61-111-60-59-110-58-57-109-56-55-108-54-53-107-52-51-106-50-49-105-48-47-104-46-45-103-44-43-102-42-41-101-40-39-100-38-37-99-36-35-98-34-33-97-32-31-96-30-29-95-28-27-94-26-25-93-24-23-92-22-21-91-20-19-90-18-17-89-16-13-86/h2-10,79,85-86H,11-74H2,1H3,(H,82,87). The van der Waals surface area contributed by atoms with Crippen molar-refractivity contribution in [1.82, 2.24) is 0 Å². The van der Waals surface area contributed by atoms with E-state index in [1.54, 1.807) is 43.3 Å². The summed E-state index contributed by atoms with van der Waals surface area (Å²) in [6.07, 6.45) is 0. The number of carbonyl (C=O) groups excluding carboxylic acids is 1. The molecule has 2 aromatic rings. The molecule has 1 atom stereocenters. The van der Waals surface area contributed by atoms with Crippen LogP contribution in [0.1, 0.15) is 6.92 Å². The van der Waals surface area contributed by atoms with Crippen LogP contribution in [0.4, 0.5) is 11.4 Å². The molecule has 0 radical (unpaired) electrons. The van der Waals surface area contributed by atoms with E-state index in [2.05, 4.69) is 20.5 Å². The molecule has 0 saturated heterocycles. The Bertz CT molecular complexity index is 2370. The Hall–Kier alpha value is -4.30. The number of rotatable bonds is 100. The molecule has 0 spiro atoms. The monoisotopic (exact) mass is 1700 g/mol. The SMILES string of the molecule is CC(=NCCOCCO)C(N=Nc1ccc(OCCOCCOCCOCCOCCOCCOCCOCCOCCOCCOCCOCCOCCOCCOCCOCCOCCOCCOCCOCCOCCOCCOCCOCCOCCOCCOCCOCCOCCOCCO)cc1)C(=O)Nc1ccccc1. The van der Waals surface area contributed by atoms with Crippen molar-refractivity contribution in [1.29, 1.82) is 0 Å². The molecule has 0 heterocycles. The average Bonchev–Trinajstić information content (AvgIpc) is 0.869. The molecule has 0 aliphatic rings. The maximum atomic E-state index is 13.2. The number of benzene rings is 2. The molecule has 38 nitrogen and oxygen atoms in total. The van der Waals surface area contributed by atoms with Crippen LogP contribution in [0.15, 0.2) is 69.8 Å². The van der Waals surface area contributed by atoms with E-state index in [0.717, 1.165) is 0 Å². The molecule has 0 fully saturated rings. The quantitative estimate of drug-likeness (QED) is 0.0486. The van der Waals surface area contributed by atoms with Gasteiger partial charge in [0, 0.05) is 11.4 Å². The first-order chi connectivity index (χ1) is 58.6. The molecule has 688 valence electrons. The van der Waals surface area contributed by atoms with Gasteiger partial charge in [0.15, 0.2) is 6.04 Å². The first kappa shape index (κ1) is 110. The average molecular weight is 1710 g/mol. The molecule has 0 bridgehead atoms. The normalized spacial score (nSPS) is 12.2. The zero-order valence-electron chi connectivity index (χ0n) is 70.3. The van der Waals surface area contributed by atoms with E-state index in [1.165, 1.54) is 0 Å². The second kappa shape index (κ2) is 94.9. The number of aliphatic imine (C=N–C) groups is 1. The molecule has 38 heteroatoms. The predicted molar refractivity (Wildman–Crippen MR) is 432 cm³/mol. The van der Waals surface area contributed by atoms with E-state index in [9.17, 15) is 4.79 Å². The Morgan fingerprint density at radius 2 is 0.458 bits per heavy atom. The third kappa shape index (κ3) is 82.6. The molecule has 1 amide bonds. The van der Waals surface area contributed by atoms with E-state index in [4.69, 9.17) is 157 Å². The number of azo groups is 1. The molecular weight excluding hydrogens is 1560 g/mol. The fourth-order valence-electron chi connectivity index (χ4n) is 8.87. The van der Waals surface area contributed by atoms with Gasteiger partial charge >= 0.3 is 0 Å². The summed E-state index contributed by atoms with van der Waals surface area (Å²) < 4.78 is 171. The lowest BCUT2D eigenvalue weighted by Gasteiger charge is -2.12. The smallest absolute Gasteiger partial charge is 0.256 e. The fraction of sp³-hybridized carbons (Fsp3) is 0.825. The summed E-state index contributed by atoms with van der Waals surface area (Å²) in [7, 11) is 0. The number of amides is 1. The number of anilines is 1. The van der Waals surface area contributed by atoms with E-state index < -0.39 is 6.04 Å². The predicted octanol–water partition coefficient (Wildman–Crippen LogP) is 3.10. The van der Waals surface area contributed by atoms with Crippen molar-refractivity contribution in [3.8, 4) is 5.75 Å². The highest BCUT2D eigenvalue weighted by atomic mass is 16.6. The van der Waals surface area contributed by atoms with Gasteiger partial charge in [0.2, 0.25) is 0 Å². The molecule has 118 heavy (non-hydrogen) atoms. The third-order valence-electron chi connectivity index (χ3n) is 14.8. The van der Waals surface area contributed by atoms with Crippen LogP contribution in [-0.4, -0.2) is 451 Å². The number of nitrogens with zero attached hydrogens (tertiary/aromatic N) is 3. The number of aliphatic hydroxyl groups excluding tert-OH is 2. The number of aliphatic hydroxyl groups is 2. The number of nitrogens with one attached hydrogen (secondary N) is 1. The van der Waals surface area contributed by atoms with E-state index in [-0.39, 0.29) is 25.7 Å². The minimum Gasteiger partial charge on any atom is -0.491 e. The summed E-state index contributed by atoms with van der Waals surface area (Å²) in [5, 5.41) is 29.0. The first-order valence-electron chi connectivity index (χ1n) is 41.2. The zero-order valence-corrected chi connectivity index (χ0v) is 70.3. The van der Waals surface area contributed by atoms with Gasteiger partial charge in [0.25, 0.3) is 5.91 Å². The van der Waals surface area contributed by atoms with Crippen LogP contribution in [0.2, 0.25) is 0 Å². The minimum atomic E-state index is -0.952. The van der Waals surface area contributed by atoms with Gasteiger partial charge in [0.1, 0.15) is 12.4 Å². The van der Waals surface area contributed by atoms with Crippen molar-refractivity contribution in [3.63, 3.8) is 0 Å². The van der Waals surface area contributed by atoms with Gasteiger partial charge in [-0.15, -0.1) is 0 Å². The van der Waals surface area contributed by atoms with Crippen LogP contribution >= 0.6 is 0 Å². The maximum Gasteiger partial charge on any atom is 0.256 e. The van der Waals surface area contributed by atoms with E-state index in [1.807, 2.05) is 18.2 Å². The third-order valence-corrected chi connectivity index (χ3v) is 14.8. The Kier molecular flexibility index (Phi) is 88.3. The molecule has 3 N–H and O–H groups in total. The largest absolute Gasteiger partial charge is 0.491 e. The van der Waals surface area contributed by atoms with Crippen LogP contribution in [-0.2, 0) is 147 Å². The van der Waals surface area contributed by atoms with Crippen molar-refractivity contribution < 1.29 is 162 Å². The molecular formula is C80H144N4O34. The maximum absolute atomic E-state index is 13.2. The molecule has 2 aromatic carbocycles. The molecule has 0 aromatic heterocycles. The summed E-state index contributed by atoms with van der Waals surface area (Å²) in [4.78, 5) is 17.6. The van der Waals surface area contributed by atoms with Crippen molar-refractivity contribution in [2.45, 2.75) is 13.0 Å². The highest BCUT2D eigenvalue weighted by molar-refractivity contribution is 6.12. The Morgan fingerprint density at radius 3 is 0.669 bits per heavy atom. The van der Waals surface area contributed by atoms with Gasteiger partial charge in [-0.2, -0.15) is 10.2 Å². The number of carbonyl (C=O) groups is 1. The van der Waals surface area contributed by atoms with Gasteiger partial charge in [-0.25, -0.2) is 0 Å². The Morgan fingerprint density at radius 1 is 0.263 bits per heavy atom. The van der Waals surface area contributed by atoms with Gasteiger partial charge < -0.3 is 162 Å². The van der Waals surface area contributed by atoms with Gasteiger partial charge in [-0.05, 0) is 43.3 Å². The van der Waals surface area contributed by atoms with Crippen molar-refractivity contribution in [2.24, 2.45) is 15.2 Å². The van der Waals surface area contributed by atoms with E-state index >= 15 is 0 Å². The van der Waals surface area contributed by atoms with Crippen LogP contribution in [0.25, 0.3) is 0 Å². The number of para-hydroxylation sites is 1. The lowest BCUT2D eigenvalue weighted by atomic mass is 10.2. The first-order valence-corrected chi connectivity index (χ1v) is 41.2. The second-order valence-electron chi connectivity index (χ2n) is 24.2. The minimum absolute atomic E-state index is 0.0144. The lowest BCUT2D eigenvalue weighted by molar-refractivity contribution is -0.116. The van der Waals surface area contributed by atoms with Crippen LogP contribution in [0, 0.1) is 0 Å². The highest BCUT2D eigenvalue weighted by Crippen LogP contribution is 2.20. The number of hydrogen-bond acceptors (Lipinski definition) is 37. The van der Waals surface area contributed by atoms with Crippen molar-refractivity contribution in [2.75, 3.05) is 428 Å². The van der Waals surface area contributed by atoms with Gasteiger partial charge in [-0.1, -0.05) is 18.2 Å². The lowest BCUT2D eigenvalue weighted by Crippen LogP contribution is -2.32. The van der Waals surface area contributed by atoms with Crippen LogP contribution in [0.5, 0.6) is 5.75 Å². The van der Waals surface area contributed by atoms with Crippen LogP contribution < -0.4 is 10.1 Å². The van der Waals surface area contributed by atoms with Crippen LogP contribution in [0.3, 0.4) is 0 Å². The Labute approximate surface area is 698 Å². The summed E-state index contributed by atoms with van der Waals surface area (Å²) in [5.41, 5.74) is 1.66. The summed E-state index contributed by atoms with van der Waals surface area (Å²) in [6.45, 7) is 30.0. The topological polar surface area (TPSA) is 393 Å². The Balaban J connectivity index is 1.14. The molecule has 2 rings (SSSR count). The number of ether oxygens (including phenoxy) is 31. The van der Waals surface area contributed by atoms with Crippen molar-refractivity contribution in [3.05, 3.63) is 54.6 Å². The number of hydrogen-bond donors (Lipinski definition) is 3. The van der Waals surface area contributed by atoms with Crippen molar-refractivity contribution >= 4 is 23.0 Å². The molecule has 0 aliphatic carbocycles. The summed E-state index contributed by atoms with van der Waals surface area (Å²) in [6, 6.07) is 15.2.